The van der Waals surface area contributed by atoms with Gasteiger partial charge in [-0.25, -0.2) is 21.9 Å². The van der Waals surface area contributed by atoms with Crippen LogP contribution in [0.2, 0.25) is 0 Å². The molecule has 2 aromatic rings. The van der Waals surface area contributed by atoms with Crippen molar-refractivity contribution < 1.29 is 17.2 Å². The second-order valence-electron chi connectivity index (χ2n) is 6.13. The second kappa shape index (κ2) is 7.59. The highest BCUT2D eigenvalue weighted by Crippen LogP contribution is 2.25. The summed E-state index contributed by atoms with van der Waals surface area (Å²) in [6.45, 7) is 1.94. The maximum Gasteiger partial charge on any atom is 0.240 e. The Kier molecular flexibility index (Phi) is 5.46. The van der Waals surface area contributed by atoms with Gasteiger partial charge in [0.2, 0.25) is 10.0 Å². The van der Waals surface area contributed by atoms with Crippen molar-refractivity contribution in [2.75, 3.05) is 19.6 Å². The summed E-state index contributed by atoms with van der Waals surface area (Å²) in [5.41, 5.74) is 1.01. The Labute approximate surface area is 146 Å². The minimum Gasteiger partial charge on any atom is -0.295 e. The van der Waals surface area contributed by atoms with Crippen molar-refractivity contribution in [3.8, 4) is 0 Å². The predicted octanol–water partition coefficient (Wildman–Crippen LogP) is 3.08. The summed E-state index contributed by atoms with van der Waals surface area (Å²) in [6, 6.07) is 11.8. The third kappa shape index (κ3) is 4.42. The van der Waals surface area contributed by atoms with Crippen LogP contribution in [0.25, 0.3) is 0 Å². The Bertz CT molecular complexity index is 802. The highest BCUT2D eigenvalue weighted by Gasteiger charge is 2.26. The van der Waals surface area contributed by atoms with Crippen LogP contribution >= 0.6 is 0 Å². The molecule has 7 heteroatoms. The molecule has 1 heterocycles. The molecule has 1 atom stereocenters. The van der Waals surface area contributed by atoms with E-state index in [0.29, 0.717) is 6.07 Å². The third-order valence-electron chi connectivity index (χ3n) is 4.38. The van der Waals surface area contributed by atoms with Crippen LogP contribution in [0, 0.1) is 11.6 Å². The van der Waals surface area contributed by atoms with Crippen molar-refractivity contribution in [3.63, 3.8) is 0 Å². The summed E-state index contributed by atoms with van der Waals surface area (Å²) >= 11 is 0. The minimum atomic E-state index is -3.99. The zero-order valence-electron chi connectivity index (χ0n) is 13.7. The number of halogens is 2. The average molecular weight is 366 g/mol. The van der Waals surface area contributed by atoms with Gasteiger partial charge in [-0.15, -0.1) is 0 Å². The van der Waals surface area contributed by atoms with E-state index in [1.807, 2.05) is 30.3 Å². The van der Waals surface area contributed by atoms with E-state index >= 15 is 0 Å². The van der Waals surface area contributed by atoms with E-state index in [2.05, 4.69) is 9.62 Å². The van der Waals surface area contributed by atoms with Gasteiger partial charge in [0.15, 0.2) is 0 Å². The quantitative estimate of drug-likeness (QED) is 0.855. The van der Waals surface area contributed by atoms with Crippen molar-refractivity contribution in [2.24, 2.45) is 0 Å². The summed E-state index contributed by atoms with van der Waals surface area (Å²) in [7, 11) is -3.99. The molecule has 4 nitrogen and oxygen atoms in total. The van der Waals surface area contributed by atoms with Crippen molar-refractivity contribution in [1.29, 1.82) is 0 Å². The van der Waals surface area contributed by atoms with Crippen LogP contribution in [0.3, 0.4) is 0 Å². The zero-order chi connectivity index (χ0) is 17.9. The molecule has 0 bridgehead atoms. The normalized spacial score (nSPS) is 16.9. The fourth-order valence-electron chi connectivity index (χ4n) is 3.14. The standard InChI is InChI=1S/C18H20F2N2O2S/c19-15-10-16(20)12-17(11-15)25(23,24)21-13-18(22-8-4-5-9-22)14-6-2-1-3-7-14/h1-3,6-7,10-12,18,21H,4-5,8-9,13H2/t18-/m1/s1. The molecule has 0 radical (unpaired) electrons. The topological polar surface area (TPSA) is 49.4 Å². The molecule has 1 aliphatic heterocycles. The summed E-state index contributed by atoms with van der Waals surface area (Å²) < 4.78 is 54.0. The number of rotatable bonds is 6. The Morgan fingerprint density at radius 3 is 2.20 bits per heavy atom. The smallest absolute Gasteiger partial charge is 0.240 e. The highest BCUT2D eigenvalue weighted by atomic mass is 32.2. The Balaban J connectivity index is 1.80. The molecule has 0 unspecified atom stereocenters. The number of nitrogens with zero attached hydrogens (tertiary/aromatic N) is 1. The fourth-order valence-corrected chi connectivity index (χ4v) is 4.22. The van der Waals surface area contributed by atoms with Crippen LogP contribution in [0.1, 0.15) is 24.4 Å². The molecule has 2 aromatic carbocycles. The molecule has 25 heavy (non-hydrogen) atoms. The van der Waals surface area contributed by atoms with E-state index in [9.17, 15) is 17.2 Å². The van der Waals surface area contributed by atoms with Gasteiger partial charge in [-0.1, -0.05) is 30.3 Å². The van der Waals surface area contributed by atoms with E-state index in [0.717, 1.165) is 43.6 Å². The molecule has 1 saturated heterocycles. The molecular formula is C18H20F2N2O2S. The van der Waals surface area contributed by atoms with Crippen LogP contribution in [0.5, 0.6) is 0 Å². The SMILES string of the molecule is O=S(=O)(NC[C@H](c1ccccc1)N1CCCC1)c1cc(F)cc(F)c1. The summed E-state index contributed by atoms with van der Waals surface area (Å²) in [4.78, 5) is 1.82. The van der Waals surface area contributed by atoms with E-state index in [1.54, 1.807) is 0 Å². The van der Waals surface area contributed by atoms with Crippen LogP contribution < -0.4 is 4.72 Å². The molecule has 1 N–H and O–H groups in total. The number of likely N-dealkylation sites (tertiary alicyclic amines) is 1. The lowest BCUT2D eigenvalue weighted by Crippen LogP contribution is -2.36. The van der Waals surface area contributed by atoms with Crippen LogP contribution in [-0.4, -0.2) is 33.0 Å². The second-order valence-corrected chi connectivity index (χ2v) is 7.89. The van der Waals surface area contributed by atoms with Gasteiger partial charge in [-0.2, -0.15) is 0 Å². The average Bonchev–Trinajstić information content (AvgIpc) is 3.09. The van der Waals surface area contributed by atoms with E-state index in [1.165, 1.54) is 0 Å². The molecule has 0 spiro atoms. The summed E-state index contributed by atoms with van der Waals surface area (Å²) in [5, 5.41) is 0. The highest BCUT2D eigenvalue weighted by molar-refractivity contribution is 7.89. The molecule has 0 aliphatic carbocycles. The van der Waals surface area contributed by atoms with Crippen molar-refractivity contribution >= 4 is 10.0 Å². The number of sulfonamides is 1. The lowest BCUT2D eigenvalue weighted by molar-refractivity contribution is 0.246. The van der Waals surface area contributed by atoms with Gasteiger partial charge in [0.05, 0.1) is 4.90 Å². The van der Waals surface area contributed by atoms with Crippen molar-refractivity contribution in [2.45, 2.75) is 23.8 Å². The lowest BCUT2D eigenvalue weighted by Gasteiger charge is -2.28. The van der Waals surface area contributed by atoms with Crippen LogP contribution in [0.4, 0.5) is 8.78 Å². The lowest BCUT2D eigenvalue weighted by atomic mass is 10.1. The Morgan fingerprint density at radius 1 is 1.00 bits per heavy atom. The minimum absolute atomic E-state index is 0.114. The first-order valence-electron chi connectivity index (χ1n) is 8.20. The first-order valence-corrected chi connectivity index (χ1v) is 9.69. The monoisotopic (exact) mass is 366 g/mol. The molecule has 0 amide bonds. The van der Waals surface area contributed by atoms with Crippen molar-refractivity contribution in [3.05, 3.63) is 65.7 Å². The first-order chi connectivity index (χ1) is 12.0. The van der Waals surface area contributed by atoms with E-state index in [4.69, 9.17) is 0 Å². The largest absolute Gasteiger partial charge is 0.295 e. The summed E-state index contributed by atoms with van der Waals surface area (Å²) in [5.74, 6) is -1.83. The van der Waals surface area contributed by atoms with Gasteiger partial charge in [0.1, 0.15) is 11.6 Å². The molecule has 0 aromatic heterocycles. The molecule has 3 rings (SSSR count). The van der Waals surface area contributed by atoms with E-state index < -0.39 is 26.6 Å². The zero-order valence-corrected chi connectivity index (χ0v) is 14.5. The van der Waals surface area contributed by atoms with E-state index in [-0.39, 0.29) is 12.6 Å². The molecular weight excluding hydrogens is 346 g/mol. The molecule has 1 fully saturated rings. The fraction of sp³-hybridized carbons (Fsp3) is 0.333. The maximum absolute atomic E-state index is 13.3. The number of hydrogen-bond donors (Lipinski definition) is 1. The third-order valence-corrected chi connectivity index (χ3v) is 5.78. The van der Waals surface area contributed by atoms with Crippen LogP contribution in [-0.2, 0) is 10.0 Å². The number of hydrogen-bond acceptors (Lipinski definition) is 3. The molecule has 134 valence electrons. The summed E-state index contributed by atoms with van der Waals surface area (Å²) in [6.07, 6.45) is 2.15. The van der Waals surface area contributed by atoms with Gasteiger partial charge in [0.25, 0.3) is 0 Å². The first kappa shape index (κ1) is 18.0. The number of nitrogens with one attached hydrogen (secondary N) is 1. The van der Waals surface area contributed by atoms with Gasteiger partial charge < -0.3 is 0 Å². The van der Waals surface area contributed by atoms with Crippen molar-refractivity contribution in [1.82, 2.24) is 9.62 Å². The molecule has 0 saturated carbocycles. The molecule has 1 aliphatic rings. The van der Waals surface area contributed by atoms with Gasteiger partial charge in [0, 0.05) is 18.7 Å². The maximum atomic E-state index is 13.3. The number of benzene rings is 2. The Hall–Kier alpha value is -1.83. The Morgan fingerprint density at radius 2 is 1.60 bits per heavy atom. The van der Waals surface area contributed by atoms with Gasteiger partial charge in [-0.05, 0) is 43.6 Å². The predicted molar refractivity (Wildman–Crippen MR) is 91.5 cm³/mol. The van der Waals surface area contributed by atoms with Gasteiger partial charge in [-0.3, -0.25) is 4.90 Å². The van der Waals surface area contributed by atoms with Gasteiger partial charge >= 0.3 is 0 Å². The van der Waals surface area contributed by atoms with Crippen LogP contribution in [0.15, 0.2) is 53.4 Å².